The maximum atomic E-state index is 15.3. The third-order valence-corrected chi connectivity index (χ3v) is 6.15. The molecular formula is C23H28FN5O2. The fourth-order valence-electron chi connectivity index (χ4n) is 3.95. The standard InChI is InChI=1S/C23H28FN5O2/c1-16-25-15-20(28(16)2)17-4-5-18-14-26-21(13-19(18)12-17)27-22(30)23(24)6-8-29(9-7-23)10-11-31-3/h4-5,12-15H,6-11H2,1-3H3,(H,26,27,30). The van der Waals surface area contributed by atoms with Gasteiger partial charge in [-0.3, -0.25) is 4.79 Å². The van der Waals surface area contributed by atoms with Crippen molar-refractivity contribution in [3.63, 3.8) is 0 Å². The number of rotatable bonds is 6. The van der Waals surface area contributed by atoms with E-state index in [0.29, 0.717) is 25.5 Å². The van der Waals surface area contributed by atoms with Gasteiger partial charge >= 0.3 is 0 Å². The van der Waals surface area contributed by atoms with Gasteiger partial charge in [-0.15, -0.1) is 0 Å². The van der Waals surface area contributed by atoms with Gasteiger partial charge in [0.15, 0.2) is 5.67 Å². The van der Waals surface area contributed by atoms with E-state index in [1.165, 1.54) is 0 Å². The number of piperidine rings is 1. The molecule has 2 aromatic heterocycles. The number of likely N-dealkylation sites (tertiary alicyclic amines) is 1. The number of ether oxygens (including phenoxy) is 1. The Kier molecular flexibility index (Phi) is 6.02. The van der Waals surface area contributed by atoms with Gasteiger partial charge in [-0.1, -0.05) is 12.1 Å². The fourth-order valence-corrected chi connectivity index (χ4v) is 3.95. The van der Waals surface area contributed by atoms with Gasteiger partial charge in [-0.05, 0) is 24.4 Å². The summed E-state index contributed by atoms with van der Waals surface area (Å²) in [6, 6.07) is 7.82. The van der Waals surface area contributed by atoms with Crippen LogP contribution in [0.2, 0.25) is 0 Å². The molecule has 1 aromatic carbocycles. The Morgan fingerprint density at radius 3 is 2.65 bits per heavy atom. The minimum Gasteiger partial charge on any atom is -0.383 e. The number of halogens is 1. The highest BCUT2D eigenvalue weighted by molar-refractivity contribution is 5.98. The van der Waals surface area contributed by atoms with E-state index in [2.05, 4.69) is 20.2 Å². The van der Waals surface area contributed by atoms with Crippen LogP contribution in [0.1, 0.15) is 18.7 Å². The van der Waals surface area contributed by atoms with E-state index in [-0.39, 0.29) is 12.8 Å². The highest BCUT2D eigenvalue weighted by atomic mass is 19.1. The molecule has 1 fully saturated rings. The summed E-state index contributed by atoms with van der Waals surface area (Å²) in [5.41, 5.74) is 0.142. The van der Waals surface area contributed by atoms with Crippen LogP contribution in [0.5, 0.6) is 0 Å². The van der Waals surface area contributed by atoms with Crippen molar-refractivity contribution in [3.8, 4) is 11.3 Å². The molecule has 3 aromatic rings. The molecule has 164 valence electrons. The zero-order valence-corrected chi connectivity index (χ0v) is 18.2. The van der Waals surface area contributed by atoms with Crippen molar-refractivity contribution in [2.24, 2.45) is 7.05 Å². The van der Waals surface area contributed by atoms with Gasteiger partial charge in [0.2, 0.25) is 0 Å². The van der Waals surface area contributed by atoms with Crippen molar-refractivity contribution in [2.75, 3.05) is 38.7 Å². The predicted octanol–water partition coefficient (Wildman–Crippen LogP) is 3.33. The SMILES string of the molecule is COCCN1CCC(F)(C(=O)Nc2cc3cc(-c4cnc(C)n4C)ccc3cn2)CC1. The number of imidazole rings is 1. The van der Waals surface area contributed by atoms with Gasteiger partial charge in [-0.25, -0.2) is 14.4 Å². The molecule has 8 heteroatoms. The van der Waals surface area contributed by atoms with Crippen LogP contribution < -0.4 is 5.32 Å². The lowest BCUT2D eigenvalue weighted by molar-refractivity contribution is -0.130. The van der Waals surface area contributed by atoms with E-state index in [9.17, 15) is 4.79 Å². The van der Waals surface area contributed by atoms with E-state index in [4.69, 9.17) is 4.74 Å². The number of fused-ring (bicyclic) bond motifs is 1. The summed E-state index contributed by atoms with van der Waals surface area (Å²) in [6.07, 6.45) is 3.87. The zero-order chi connectivity index (χ0) is 22.0. The number of pyridine rings is 1. The summed E-state index contributed by atoms with van der Waals surface area (Å²) in [6.45, 7) is 4.38. The molecule has 31 heavy (non-hydrogen) atoms. The molecule has 1 aliphatic rings. The second-order valence-electron chi connectivity index (χ2n) is 8.14. The van der Waals surface area contributed by atoms with Crippen LogP contribution >= 0.6 is 0 Å². The Morgan fingerprint density at radius 2 is 1.97 bits per heavy atom. The van der Waals surface area contributed by atoms with Crippen LogP contribution in [0.3, 0.4) is 0 Å². The molecule has 0 radical (unpaired) electrons. The van der Waals surface area contributed by atoms with Gasteiger partial charge in [0.1, 0.15) is 11.6 Å². The second-order valence-corrected chi connectivity index (χ2v) is 8.14. The first-order chi connectivity index (χ1) is 14.9. The van der Waals surface area contributed by atoms with Gasteiger partial charge in [0, 0.05) is 63.8 Å². The molecule has 1 saturated heterocycles. The Bertz CT molecular complexity index is 1090. The summed E-state index contributed by atoms with van der Waals surface area (Å²) in [5, 5.41) is 4.56. The number of methoxy groups -OCH3 is 1. The summed E-state index contributed by atoms with van der Waals surface area (Å²) in [4.78, 5) is 23.5. The normalized spacial score (nSPS) is 16.5. The lowest BCUT2D eigenvalue weighted by atomic mass is 9.92. The number of aromatic nitrogens is 3. The molecule has 4 rings (SSSR count). The van der Waals surface area contributed by atoms with Crippen molar-refractivity contribution >= 4 is 22.5 Å². The van der Waals surface area contributed by atoms with Crippen LogP contribution in [0, 0.1) is 6.92 Å². The Balaban J connectivity index is 1.49. The van der Waals surface area contributed by atoms with Crippen LogP contribution in [0.25, 0.3) is 22.0 Å². The largest absolute Gasteiger partial charge is 0.383 e. The molecule has 3 heterocycles. The average Bonchev–Trinajstić information content (AvgIpc) is 3.11. The Hall–Kier alpha value is -2.84. The van der Waals surface area contributed by atoms with Crippen LogP contribution in [0.4, 0.5) is 10.2 Å². The first kappa shape index (κ1) is 21.4. The van der Waals surface area contributed by atoms with Crippen molar-refractivity contribution < 1.29 is 13.9 Å². The minimum atomic E-state index is -1.88. The molecule has 7 nitrogen and oxygen atoms in total. The molecule has 0 saturated carbocycles. The van der Waals surface area contributed by atoms with Gasteiger partial charge in [0.05, 0.1) is 18.5 Å². The van der Waals surface area contributed by atoms with Crippen molar-refractivity contribution in [2.45, 2.75) is 25.4 Å². The monoisotopic (exact) mass is 425 g/mol. The Morgan fingerprint density at radius 1 is 1.19 bits per heavy atom. The van der Waals surface area contributed by atoms with Crippen molar-refractivity contribution in [3.05, 3.63) is 42.5 Å². The first-order valence-corrected chi connectivity index (χ1v) is 10.5. The highest BCUT2D eigenvalue weighted by Gasteiger charge is 2.41. The second kappa shape index (κ2) is 8.72. The molecule has 1 aliphatic heterocycles. The number of carbonyl (C=O) groups excluding carboxylic acids is 1. The van der Waals surface area contributed by atoms with E-state index in [1.807, 2.05) is 42.9 Å². The van der Waals surface area contributed by atoms with Crippen LogP contribution in [-0.2, 0) is 16.6 Å². The summed E-state index contributed by atoms with van der Waals surface area (Å²) >= 11 is 0. The topological polar surface area (TPSA) is 72.3 Å². The fraction of sp³-hybridized carbons (Fsp3) is 0.435. The number of hydrogen-bond donors (Lipinski definition) is 1. The molecule has 0 atom stereocenters. The Labute approximate surface area is 181 Å². The minimum absolute atomic E-state index is 0.167. The number of hydrogen-bond acceptors (Lipinski definition) is 5. The average molecular weight is 426 g/mol. The van der Waals surface area contributed by atoms with Crippen LogP contribution in [0.15, 0.2) is 36.7 Å². The highest BCUT2D eigenvalue weighted by Crippen LogP contribution is 2.29. The van der Waals surface area contributed by atoms with Gasteiger partial charge in [0.25, 0.3) is 5.91 Å². The number of nitrogens with zero attached hydrogens (tertiary/aromatic N) is 4. The summed E-state index contributed by atoms with van der Waals surface area (Å²) < 4.78 is 22.4. The molecule has 0 spiro atoms. The number of anilines is 1. The van der Waals surface area contributed by atoms with Crippen molar-refractivity contribution in [1.82, 2.24) is 19.4 Å². The first-order valence-electron chi connectivity index (χ1n) is 10.5. The van der Waals surface area contributed by atoms with Gasteiger partial charge < -0.3 is 19.5 Å². The zero-order valence-electron chi connectivity index (χ0n) is 18.2. The van der Waals surface area contributed by atoms with E-state index >= 15 is 4.39 Å². The number of alkyl halides is 1. The molecule has 0 bridgehead atoms. The predicted molar refractivity (Wildman–Crippen MR) is 119 cm³/mol. The quantitative estimate of drug-likeness (QED) is 0.656. The number of benzene rings is 1. The number of aryl methyl sites for hydroxylation is 1. The number of nitrogens with one attached hydrogen (secondary N) is 1. The number of amides is 1. The summed E-state index contributed by atoms with van der Waals surface area (Å²) in [5.74, 6) is 0.665. The molecule has 0 unspecified atom stereocenters. The summed E-state index contributed by atoms with van der Waals surface area (Å²) in [7, 11) is 3.62. The smallest absolute Gasteiger partial charge is 0.263 e. The molecule has 0 aliphatic carbocycles. The molecular weight excluding hydrogens is 397 g/mol. The van der Waals surface area contributed by atoms with Crippen LogP contribution in [-0.4, -0.2) is 64.4 Å². The third kappa shape index (κ3) is 4.45. The third-order valence-electron chi connectivity index (χ3n) is 6.15. The molecule has 1 N–H and O–H groups in total. The lowest BCUT2D eigenvalue weighted by Crippen LogP contribution is -2.49. The lowest BCUT2D eigenvalue weighted by Gasteiger charge is -2.35. The maximum absolute atomic E-state index is 15.3. The van der Waals surface area contributed by atoms with E-state index in [0.717, 1.165) is 34.4 Å². The maximum Gasteiger partial charge on any atom is 0.263 e. The number of carbonyl (C=O) groups is 1. The van der Waals surface area contributed by atoms with E-state index in [1.54, 1.807) is 19.4 Å². The van der Waals surface area contributed by atoms with Gasteiger partial charge in [-0.2, -0.15) is 0 Å². The van der Waals surface area contributed by atoms with Crippen molar-refractivity contribution in [1.29, 1.82) is 0 Å². The molecule has 1 amide bonds. The van der Waals surface area contributed by atoms with E-state index < -0.39 is 11.6 Å².